The normalized spacial score (nSPS) is 16.3. The van der Waals surface area contributed by atoms with Crippen molar-refractivity contribution in [2.24, 2.45) is 0 Å². The largest absolute Gasteiger partial charge is 0.479 e. The smallest absolute Gasteiger partial charge is 0.242 e. The molecule has 7 heteroatoms. The average molecular weight is 267 g/mol. The van der Waals surface area contributed by atoms with Crippen molar-refractivity contribution < 1.29 is 9.47 Å². The Morgan fingerprint density at radius 1 is 1.42 bits per heavy atom. The maximum absolute atomic E-state index is 5.88. The molecule has 0 saturated carbocycles. The number of hydrogen-bond donors (Lipinski definition) is 2. The number of morpholine rings is 1. The molecule has 106 valence electrons. The minimum absolute atomic E-state index is 0.408. The molecule has 19 heavy (non-hydrogen) atoms. The minimum atomic E-state index is 0.408. The van der Waals surface area contributed by atoms with Crippen molar-refractivity contribution in [1.29, 1.82) is 0 Å². The third-order valence-electron chi connectivity index (χ3n) is 3.09. The molecule has 1 aliphatic rings. The van der Waals surface area contributed by atoms with Gasteiger partial charge in [0, 0.05) is 19.6 Å². The Balaban J connectivity index is 1.73. The molecule has 0 radical (unpaired) electrons. The van der Waals surface area contributed by atoms with E-state index in [1.54, 1.807) is 7.11 Å². The van der Waals surface area contributed by atoms with Gasteiger partial charge in [-0.1, -0.05) is 0 Å². The van der Waals surface area contributed by atoms with Gasteiger partial charge in [0.15, 0.2) is 5.82 Å². The van der Waals surface area contributed by atoms with Crippen LogP contribution in [0, 0.1) is 0 Å². The van der Waals surface area contributed by atoms with E-state index in [0.717, 1.165) is 45.8 Å². The molecule has 1 fully saturated rings. The van der Waals surface area contributed by atoms with Gasteiger partial charge in [0.25, 0.3) is 0 Å². The van der Waals surface area contributed by atoms with Crippen molar-refractivity contribution in [2.75, 3.05) is 57.6 Å². The van der Waals surface area contributed by atoms with Gasteiger partial charge in [-0.05, 0) is 13.0 Å². The van der Waals surface area contributed by atoms with Crippen molar-refractivity contribution in [3.05, 3.63) is 6.33 Å². The van der Waals surface area contributed by atoms with Crippen molar-refractivity contribution in [3.63, 3.8) is 0 Å². The van der Waals surface area contributed by atoms with Crippen LogP contribution in [0.1, 0.15) is 6.42 Å². The minimum Gasteiger partial charge on any atom is -0.479 e. The molecule has 1 aromatic heterocycles. The molecule has 2 rings (SSSR count). The SMILES string of the molecule is COc1ncnc(NCCCN2CCOCC2)c1N. The number of hydrogen-bond acceptors (Lipinski definition) is 7. The van der Waals surface area contributed by atoms with Crippen molar-refractivity contribution in [2.45, 2.75) is 6.42 Å². The van der Waals surface area contributed by atoms with E-state index in [9.17, 15) is 0 Å². The molecule has 7 nitrogen and oxygen atoms in total. The fourth-order valence-corrected chi connectivity index (χ4v) is 2.02. The van der Waals surface area contributed by atoms with Crippen LogP contribution in [0.5, 0.6) is 5.88 Å². The highest BCUT2D eigenvalue weighted by atomic mass is 16.5. The molecule has 0 aromatic carbocycles. The lowest BCUT2D eigenvalue weighted by atomic mass is 10.3. The number of aromatic nitrogens is 2. The van der Waals surface area contributed by atoms with Gasteiger partial charge in [0.05, 0.1) is 20.3 Å². The zero-order chi connectivity index (χ0) is 13.5. The molecule has 0 unspecified atom stereocenters. The predicted molar refractivity (Wildman–Crippen MR) is 73.4 cm³/mol. The topological polar surface area (TPSA) is 85.5 Å². The number of nitrogen functional groups attached to an aromatic ring is 1. The van der Waals surface area contributed by atoms with Gasteiger partial charge < -0.3 is 20.5 Å². The van der Waals surface area contributed by atoms with Crippen LogP contribution in [0.2, 0.25) is 0 Å². The van der Waals surface area contributed by atoms with Crippen LogP contribution in [0.4, 0.5) is 11.5 Å². The summed E-state index contributed by atoms with van der Waals surface area (Å²) in [7, 11) is 1.54. The van der Waals surface area contributed by atoms with E-state index in [1.165, 1.54) is 6.33 Å². The number of nitrogens with two attached hydrogens (primary N) is 1. The maximum atomic E-state index is 5.88. The summed E-state index contributed by atoms with van der Waals surface area (Å²) in [5.41, 5.74) is 6.33. The Hall–Kier alpha value is -1.60. The first-order valence-corrected chi connectivity index (χ1v) is 6.49. The molecule has 0 amide bonds. The second-order valence-corrected chi connectivity index (χ2v) is 4.38. The maximum Gasteiger partial charge on any atom is 0.242 e. The van der Waals surface area contributed by atoms with Crippen LogP contribution < -0.4 is 15.8 Å². The van der Waals surface area contributed by atoms with Crippen molar-refractivity contribution in [3.8, 4) is 5.88 Å². The van der Waals surface area contributed by atoms with Gasteiger partial charge in [-0.3, -0.25) is 4.90 Å². The lowest BCUT2D eigenvalue weighted by molar-refractivity contribution is 0.0378. The number of nitrogens with zero attached hydrogens (tertiary/aromatic N) is 3. The summed E-state index contributed by atoms with van der Waals surface area (Å²) in [4.78, 5) is 10.4. The van der Waals surface area contributed by atoms with E-state index >= 15 is 0 Å². The van der Waals surface area contributed by atoms with E-state index in [4.69, 9.17) is 15.2 Å². The Morgan fingerprint density at radius 3 is 2.95 bits per heavy atom. The highest BCUT2D eigenvalue weighted by Gasteiger charge is 2.10. The molecule has 0 bridgehead atoms. The fraction of sp³-hybridized carbons (Fsp3) is 0.667. The van der Waals surface area contributed by atoms with Crippen LogP contribution in [-0.2, 0) is 4.74 Å². The highest BCUT2D eigenvalue weighted by molar-refractivity contribution is 5.66. The third-order valence-corrected chi connectivity index (χ3v) is 3.09. The summed E-state index contributed by atoms with van der Waals surface area (Å²) >= 11 is 0. The molecule has 0 aliphatic carbocycles. The van der Waals surface area contributed by atoms with Crippen LogP contribution in [-0.4, -0.2) is 61.4 Å². The molecule has 0 atom stereocenters. The van der Waals surface area contributed by atoms with Gasteiger partial charge >= 0.3 is 0 Å². The summed E-state index contributed by atoms with van der Waals surface area (Å²) in [5.74, 6) is 1.04. The second-order valence-electron chi connectivity index (χ2n) is 4.38. The highest BCUT2D eigenvalue weighted by Crippen LogP contribution is 2.23. The predicted octanol–water partition coefficient (Wildman–Crippen LogP) is 0.202. The van der Waals surface area contributed by atoms with Crippen molar-refractivity contribution >= 4 is 11.5 Å². The molecule has 1 aliphatic heterocycles. The monoisotopic (exact) mass is 267 g/mol. The zero-order valence-electron chi connectivity index (χ0n) is 11.3. The van der Waals surface area contributed by atoms with E-state index in [0.29, 0.717) is 17.4 Å². The Kier molecular flexibility index (Phi) is 5.17. The molecule has 1 saturated heterocycles. The molecule has 3 N–H and O–H groups in total. The van der Waals surface area contributed by atoms with Gasteiger partial charge in [0.2, 0.25) is 5.88 Å². The first-order valence-electron chi connectivity index (χ1n) is 6.49. The molecule has 0 spiro atoms. The standard InChI is InChI=1S/C12H21N5O2/c1-18-12-10(13)11(15-9-16-12)14-3-2-4-17-5-7-19-8-6-17/h9H,2-8,13H2,1H3,(H,14,15,16). The Bertz CT molecular complexity index is 396. The van der Waals surface area contributed by atoms with Gasteiger partial charge in [0.1, 0.15) is 12.0 Å². The van der Waals surface area contributed by atoms with E-state index in [-0.39, 0.29) is 0 Å². The molecular weight excluding hydrogens is 246 g/mol. The zero-order valence-corrected chi connectivity index (χ0v) is 11.3. The lowest BCUT2D eigenvalue weighted by Crippen LogP contribution is -2.37. The number of anilines is 2. The number of methoxy groups -OCH3 is 1. The van der Waals surface area contributed by atoms with Crippen LogP contribution in [0.3, 0.4) is 0 Å². The first kappa shape index (κ1) is 13.8. The Morgan fingerprint density at radius 2 is 2.21 bits per heavy atom. The quantitative estimate of drug-likeness (QED) is 0.712. The van der Waals surface area contributed by atoms with Gasteiger partial charge in [-0.15, -0.1) is 0 Å². The molecule has 1 aromatic rings. The summed E-state index contributed by atoms with van der Waals surface area (Å²) in [6, 6.07) is 0. The van der Waals surface area contributed by atoms with Gasteiger partial charge in [-0.25, -0.2) is 4.98 Å². The summed E-state index contributed by atoms with van der Waals surface area (Å²) < 4.78 is 10.4. The van der Waals surface area contributed by atoms with Gasteiger partial charge in [-0.2, -0.15) is 4.98 Å². The van der Waals surface area contributed by atoms with Crippen LogP contribution in [0.15, 0.2) is 6.33 Å². The first-order chi connectivity index (χ1) is 9.31. The second kappa shape index (κ2) is 7.10. The fourth-order valence-electron chi connectivity index (χ4n) is 2.02. The molecular formula is C12H21N5O2. The van der Waals surface area contributed by atoms with E-state index < -0.39 is 0 Å². The summed E-state index contributed by atoms with van der Waals surface area (Å²) in [6.07, 6.45) is 2.48. The number of rotatable bonds is 6. The third kappa shape index (κ3) is 3.93. The number of nitrogens with one attached hydrogen (secondary N) is 1. The Labute approximate surface area is 113 Å². The molecule has 2 heterocycles. The number of ether oxygens (including phenoxy) is 2. The van der Waals surface area contributed by atoms with Crippen LogP contribution >= 0.6 is 0 Å². The van der Waals surface area contributed by atoms with E-state index in [1.807, 2.05) is 0 Å². The lowest BCUT2D eigenvalue weighted by Gasteiger charge is -2.26. The summed E-state index contributed by atoms with van der Waals surface area (Å²) in [6.45, 7) is 5.58. The van der Waals surface area contributed by atoms with Crippen molar-refractivity contribution in [1.82, 2.24) is 14.9 Å². The average Bonchev–Trinajstić information content (AvgIpc) is 2.46. The summed E-state index contributed by atoms with van der Waals surface area (Å²) in [5, 5.41) is 3.21. The van der Waals surface area contributed by atoms with Crippen LogP contribution in [0.25, 0.3) is 0 Å². The van der Waals surface area contributed by atoms with E-state index in [2.05, 4.69) is 20.2 Å².